The highest BCUT2D eigenvalue weighted by Crippen LogP contribution is 2.34. The fourth-order valence-corrected chi connectivity index (χ4v) is 6.20. The molecule has 0 bridgehead atoms. The maximum atomic E-state index is 13.8. The molecule has 220 valence electrons. The van der Waals surface area contributed by atoms with Crippen molar-refractivity contribution in [3.63, 3.8) is 0 Å². The smallest absolute Gasteiger partial charge is 0.253 e. The fourth-order valence-electron chi connectivity index (χ4n) is 6.20. The molecule has 1 N–H and O–H groups in total. The molecule has 1 saturated heterocycles. The van der Waals surface area contributed by atoms with Crippen LogP contribution in [0.1, 0.15) is 52.6 Å². The second-order valence-corrected chi connectivity index (χ2v) is 11.5. The van der Waals surface area contributed by atoms with Gasteiger partial charge in [0.15, 0.2) is 17.3 Å². The lowest BCUT2D eigenvalue weighted by molar-refractivity contribution is 0.0993. The number of H-pyrrole nitrogens is 1. The van der Waals surface area contributed by atoms with Gasteiger partial charge in [0.25, 0.3) is 5.56 Å². The van der Waals surface area contributed by atoms with Gasteiger partial charge in [0, 0.05) is 43.8 Å². The molecule has 10 heteroatoms. The van der Waals surface area contributed by atoms with Gasteiger partial charge >= 0.3 is 0 Å². The Hall–Kier alpha value is -4.54. The summed E-state index contributed by atoms with van der Waals surface area (Å²) in [5.41, 5.74) is 5.98. The summed E-state index contributed by atoms with van der Waals surface area (Å²) >= 11 is 0. The van der Waals surface area contributed by atoms with E-state index in [0.717, 1.165) is 66.3 Å². The molecule has 10 nitrogen and oxygen atoms in total. The summed E-state index contributed by atoms with van der Waals surface area (Å²) in [5, 5.41) is 14.1. The number of tetrazole rings is 1. The van der Waals surface area contributed by atoms with Crippen LogP contribution in [-0.2, 0) is 6.54 Å². The zero-order chi connectivity index (χ0) is 29.5. The molecule has 43 heavy (non-hydrogen) atoms. The van der Waals surface area contributed by atoms with Gasteiger partial charge in [-0.3, -0.25) is 14.6 Å². The first-order valence-electron chi connectivity index (χ1n) is 14.8. The van der Waals surface area contributed by atoms with Gasteiger partial charge in [-0.25, -0.2) is 4.68 Å². The lowest BCUT2D eigenvalue weighted by Gasteiger charge is -2.39. The first kappa shape index (κ1) is 27.3. The minimum Gasteiger partial charge on any atom is -0.454 e. The summed E-state index contributed by atoms with van der Waals surface area (Å²) in [6.45, 7) is 10.5. The second kappa shape index (κ2) is 11.3. The molecule has 3 aromatic carbocycles. The summed E-state index contributed by atoms with van der Waals surface area (Å²) in [4.78, 5) is 21.7. The van der Waals surface area contributed by atoms with Crippen LogP contribution in [0.3, 0.4) is 0 Å². The van der Waals surface area contributed by atoms with Crippen LogP contribution in [0.4, 0.5) is 0 Å². The van der Waals surface area contributed by atoms with Gasteiger partial charge < -0.3 is 14.5 Å². The van der Waals surface area contributed by atoms with Gasteiger partial charge in [0.2, 0.25) is 6.79 Å². The summed E-state index contributed by atoms with van der Waals surface area (Å²) < 4.78 is 12.9. The van der Waals surface area contributed by atoms with Crippen LogP contribution in [0, 0.1) is 13.8 Å². The van der Waals surface area contributed by atoms with Crippen molar-refractivity contribution in [2.45, 2.75) is 39.4 Å². The average molecular weight is 578 g/mol. The maximum absolute atomic E-state index is 13.8. The quantitative estimate of drug-likeness (QED) is 0.304. The third-order valence-electron chi connectivity index (χ3n) is 8.81. The molecule has 1 fully saturated rings. The summed E-state index contributed by atoms with van der Waals surface area (Å²) in [7, 11) is 0. The van der Waals surface area contributed by atoms with E-state index in [1.54, 1.807) is 0 Å². The van der Waals surface area contributed by atoms with E-state index < -0.39 is 6.04 Å². The predicted molar refractivity (Wildman–Crippen MR) is 163 cm³/mol. The molecule has 0 radical (unpaired) electrons. The number of nitrogens with one attached hydrogen (secondary N) is 1. The SMILES string of the molecule is Cc1cc2cc(C(c3nnnn3C(C)c3ccccc3)N3CCN(Cc4ccc5c(c4)OCO5)CC3)c(=O)[nH]c2cc1C. The molecule has 7 rings (SSSR count). The monoisotopic (exact) mass is 577 g/mol. The van der Waals surface area contributed by atoms with Crippen LogP contribution in [0.15, 0.2) is 71.5 Å². The number of benzene rings is 3. The lowest BCUT2D eigenvalue weighted by Crippen LogP contribution is -2.48. The molecule has 0 saturated carbocycles. The molecule has 2 aliphatic heterocycles. The zero-order valence-corrected chi connectivity index (χ0v) is 24.7. The minimum atomic E-state index is -0.413. The third-order valence-corrected chi connectivity index (χ3v) is 8.81. The molecule has 2 atom stereocenters. The van der Waals surface area contributed by atoms with Gasteiger partial charge in [-0.15, -0.1) is 5.10 Å². The van der Waals surface area contributed by atoms with Crippen molar-refractivity contribution in [3.05, 3.63) is 111 Å². The zero-order valence-electron chi connectivity index (χ0n) is 24.7. The molecule has 0 amide bonds. The van der Waals surface area contributed by atoms with Crippen molar-refractivity contribution >= 4 is 10.9 Å². The molecule has 4 heterocycles. The average Bonchev–Trinajstić information content (AvgIpc) is 3.69. The van der Waals surface area contributed by atoms with E-state index in [9.17, 15) is 4.79 Å². The Balaban J connectivity index is 1.22. The van der Waals surface area contributed by atoms with E-state index >= 15 is 0 Å². The number of hydrogen-bond donors (Lipinski definition) is 1. The Kier molecular flexibility index (Phi) is 7.16. The van der Waals surface area contributed by atoms with E-state index in [-0.39, 0.29) is 18.4 Å². The number of rotatable bonds is 7. The largest absolute Gasteiger partial charge is 0.454 e. The minimum absolute atomic E-state index is 0.106. The highest BCUT2D eigenvalue weighted by molar-refractivity contribution is 5.81. The van der Waals surface area contributed by atoms with E-state index in [4.69, 9.17) is 9.47 Å². The van der Waals surface area contributed by atoms with Gasteiger partial charge in [0.1, 0.15) is 6.04 Å². The molecule has 2 aliphatic rings. The van der Waals surface area contributed by atoms with E-state index in [1.807, 2.05) is 41.1 Å². The fraction of sp³-hybridized carbons (Fsp3) is 0.333. The predicted octanol–water partition coefficient (Wildman–Crippen LogP) is 4.38. The highest BCUT2D eigenvalue weighted by Gasteiger charge is 2.34. The van der Waals surface area contributed by atoms with Gasteiger partial charge in [-0.2, -0.15) is 0 Å². The summed E-state index contributed by atoms with van der Waals surface area (Å²) in [6.07, 6.45) is 0. The molecular weight excluding hydrogens is 542 g/mol. The summed E-state index contributed by atoms with van der Waals surface area (Å²) in [5.74, 6) is 2.26. The first-order valence-corrected chi connectivity index (χ1v) is 14.8. The lowest BCUT2D eigenvalue weighted by atomic mass is 9.99. The van der Waals surface area contributed by atoms with Crippen LogP contribution in [0.5, 0.6) is 11.5 Å². The van der Waals surface area contributed by atoms with Crippen molar-refractivity contribution in [2.24, 2.45) is 0 Å². The van der Waals surface area contributed by atoms with Crippen molar-refractivity contribution in [1.29, 1.82) is 0 Å². The molecule has 2 unspecified atom stereocenters. The van der Waals surface area contributed by atoms with Crippen molar-refractivity contribution in [2.75, 3.05) is 33.0 Å². The number of ether oxygens (including phenoxy) is 2. The van der Waals surface area contributed by atoms with Crippen LogP contribution in [0.25, 0.3) is 10.9 Å². The van der Waals surface area contributed by atoms with Crippen LogP contribution >= 0.6 is 0 Å². The van der Waals surface area contributed by atoms with Crippen molar-refractivity contribution in [3.8, 4) is 11.5 Å². The Morgan fingerprint density at radius 2 is 1.67 bits per heavy atom. The number of piperazine rings is 1. The molecule has 0 spiro atoms. The van der Waals surface area contributed by atoms with E-state index in [1.165, 1.54) is 11.1 Å². The van der Waals surface area contributed by atoms with Crippen LogP contribution in [-0.4, -0.2) is 68.0 Å². The Morgan fingerprint density at radius 3 is 2.49 bits per heavy atom. The van der Waals surface area contributed by atoms with Gasteiger partial charge in [-0.1, -0.05) is 36.4 Å². The molecule has 2 aromatic heterocycles. The number of hydrogen-bond acceptors (Lipinski definition) is 8. The van der Waals surface area contributed by atoms with E-state index in [0.29, 0.717) is 11.4 Å². The van der Waals surface area contributed by atoms with Gasteiger partial charge in [-0.05, 0) is 89.2 Å². The second-order valence-electron chi connectivity index (χ2n) is 11.5. The maximum Gasteiger partial charge on any atom is 0.253 e. The standard InChI is InChI=1S/C33H35N7O3/c1-21-15-26-18-27(33(41)34-28(26)16-22(21)2)31(32-35-36-37-40(32)23(3)25-7-5-4-6-8-25)39-13-11-38(12-14-39)19-24-9-10-29-30(17-24)43-20-42-29/h4-10,15-18,23,31H,11-14,19-20H2,1-3H3,(H,34,41). The van der Waals surface area contributed by atoms with Crippen molar-refractivity contribution < 1.29 is 9.47 Å². The van der Waals surface area contributed by atoms with Gasteiger partial charge in [0.05, 0.1) is 6.04 Å². The van der Waals surface area contributed by atoms with E-state index in [2.05, 4.69) is 81.4 Å². The number of aromatic nitrogens is 5. The normalized spacial score (nSPS) is 16.9. The Morgan fingerprint density at radius 1 is 0.907 bits per heavy atom. The number of nitrogens with zero attached hydrogens (tertiary/aromatic N) is 6. The highest BCUT2D eigenvalue weighted by atomic mass is 16.7. The van der Waals surface area contributed by atoms with Crippen LogP contribution in [0.2, 0.25) is 0 Å². The number of aromatic amines is 1. The third kappa shape index (κ3) is 5.28. The molecule has 5 aromatic rings. The molecular formula is C33H35N7O3. The Bertz CT molecular complexity index is 1830. The topological polar surface area (TPSA) is 101 Å². The summed E-state index contributed by atoms with van der Waals surface area (Å²) in [6, 6.07) is 22.0. The number of pyridine rings is 1. The van der Waals surface area contributed by atoms with Crippen LogP contribution < -0.4 is 15.0 Å². The Labute approximate surface area is 249 Å². The first-order chi connectivity index (χ1) is 20.9. The van der Waals surface area contributed by atoms with Crippen molar-refractivity contribution in [1.82, 2.24) is 35.0 Å². The number of fused-ring (bicyclic) bond motifs is 2. The molecule has 0 aliphatic carbocycles. The number of aryl methyl sites for hydroxylation is 2.